The third-order valence-electron chi connectivity index (χ3n) is 7.32. The number of urea groups is 1. The molecule has 4 nitrogen and oxygen atoms in total. The normalized spacial score (nSPS) is 20.2. The Kier molecular flexibility index (Phi) is 7.41. The van der Waals surface area contributed by atoms with Crippen molar-refractivity contribution >= 4 is 6.03 Å². The van der Waals surface area contributed by atoms with Gasteiger partial charge in [0.1, 0.15) is 5.82 Å². The van der Waals surface area contributed by atoms with E-state index in [9.17, 15) is 40.6 Å². The molecule has 0 aromatic heterocycles. The van der Waals surface area contributed by atoms with Crippen molar-refractivity contribution in [1.82, 2.24) is 10.2 Å². The topological polar surface area (TPSA) is 52.6 Å². The second-order valence-corrected chi connectivity index (χ2v) is 9.83. The minimum Gasteiger partial charge on any atom is -0.369 e. The van der Waals surface area contributed by atoms with Crippen molar-refractivity contribution in [3.05, 3.63) is 107 Å². The number of benzene rings is 3. The van der Waals surface area contributed by atoms with Crippen LogP contribution in [-0.2, 0) is 17.6 Å². The predicted octanol–water partition coefficient (Wildman–Crippen LogP) is 6.40. The van der Waals surface area contributed by atoms with Gasteiger partial charge in [0.05, 0.1) is 0 Å². The molecule has 2 amide bonds. The van der Waals surface area contributed by atoms with E-state index >= 15 is 0 Å². The molecule has 1 fully saturated rings. The third-order valence-corrected chi connectivity index (χ3v) is 7.32. The Hall–Kier alpha value is -3.60. The lowest BCUT2D eigenvalue weighted by atomic mass is 9.71. The first-order chi connectivity index (χ1) is 18.2. The molecule has 2 atom stereocenters. The zero-order valence-corrected chi connectivity index (χ0v) is 20.7. The number of carbonyl (C=O) groups excluding carboxylic acids is 1. The number of aliphatic hydroxyl groups is 1. The molecule has 0 bridgehead atoms. The first-order valence-electron chi connectivity index (χ1n) is 12.0. The lowest BCUT2D eigenvalue weighted by Gasteiger charge is -2.34. The number of likely N-dealkylation sites (tertiary alicyclic amines) is 1. The molecule has 0 spiro atoms. The highest BCUT2D eigenvalue weighted by Gasteiger charge is 2.71. The average molecular weight is 555 g/mol. The summed E-state index contributed by atoms with van der Waals surface area (Å²) in [6.07, 6.45) is -12.0. The molecule has 1 saturated heterocycles. The van der Waals surface area contributed by atoms with Gasteiger partial charge in [0.25, 0.3) is 5.60 Å². The Morgan fingerprint density at radius 1 is 0.923 bits per heavy atom. The fraction of sp³-hybridized carbons (Fsp3) is 0.321. The molecule has 1 aliphatic heterocycles. The largest absolute Gasteiger partial charge is 0.430 e. The van der Waals surface area contributed by atoms with Crippen molar-refractivity contribution in [2.45, 2.75) is 42.8 Å². The maximum atomic E-state index is 13.7. The first-order valence-corrected chi connectivity index (χ1v) is 12.0. The van der Waals surface area contributed by atoms with E-state index in [1.54, 1.807) is 6.92 Å². The van der Waals surface area contributed by atoms with E-state index in [0.717, 1.165) is 17.7 Å². The van der Waals surface area contributed by atoms with Gasteiger partial charge in [0.2, 0.25) is 0 Å². The van der Waals surface area contributed by atoms with Crippen molar-refractivity contribution in [1.29, 1.82) is 0 Å². The van der Waals surface area contributed by atoms with Gasteiger partial charge in [0.15, 0.2) is 0 Å². The molecular formula is C28H25F7N2O2. The van der Waals surface area contributed by atoms with Crippen LogP contribution in [0.5, 0.6) is 0 Å². The number of rotatable bonds is 5. The molecule has 0 radical (unpaired) electrons. The second kappa shape index (κ2) is 10.2. The fourth-order valence-corrected chi connectivity index (χ4v) is 5.07. The smallest absolute Gasteiger partial charge is 0.369 e. The number of nitrogens with zero attached hydrogens (tertiary/aromatic N) is 1. The van der Waals surface area contributed by atoms with Gasteiger partial charge in [-0.05, 0) is 28.8 Å². The summed E-state index contributed by atoms with van der Waals surface area (Å²) in [4.78, 5) is 14.6. The number of amides is 2. The minimum atomic E-state index is -6.00. The SMILES string of the molecule is C[C@@]1(c2ccc(F)cc2)CN(C(=O)NCc2ccccc2)C[C@@H]1c1ccc(C(O)(C(F)(F)F)C(F)(F)F)cc1. The molecule has 0 saturated carbocycles. The van der Waals surface area contributed by atoms with Gasteiger partial charge in [0, 0.05) is 36.5 Å². The minimum absolute atomic E-state index is 0.0939. The van der Waals surface area contributed by atoms with Gasteiger partial charge in [-0.3, -0.25) is 0 Å². The van der Waals surface area contributed by atoms with E-state index in [1.165, 1.54) is 29.2 Å². The summed E-state index contributed by atoms with van der Waals surface area (Å²) in [6.45, 7) is 2.29. The molecule has 0 unspecified atom stereocenters. The summed E-state index contributed by atoms with van der Waals surface area (Å²) in [5.41, 5.74) is -5.42. The summed E-state index contributed by atoms with van der Waals surface area (Å²) in [5.74, 6) is -1.05. The standard InChI is InChI=1S/C28H25F7N2O2/c1-25(20-11-13-22(29)14-12-20)17-37(24(38)36-15-18-5-3-2-4-6-18)16-23(25)19-7-9-21(10-8-19)26(39,27(30,31)32)28(33,34)35/h2-14,23,39H,15-17H2,1H3,(H,36,38)/t23-,25+/m1/s1. The van der Waals surface area contributed by atoms with Crippen LogP contribution in [0, 0.1) is 5.82 Å². The van der Waals surface area contributed by atoms with Crippen molar-refractivity contribution in [3.63, 3.8) is 0 Å². The second-order valence-electron chi connectivity index (χ2n) is 9.83. The Labute approximate surface area is 220 Å². The van der Waals surface area contributed by atoms with Crippen molar-refractivity contribution < 1.29 is 40.6 Å². The molecule has 2 N–H and O–H groups in total. The van der Waals surface area contributed by atoms with Crippen LogP contribution in [-0.4, -0.2) is 41.5 Å². The molecule has 208 valence electrons. The molecule has 39 heavy (non-hydrogen) atoms. The number of alkyl halides is 6. The quantitative estimate of drug-likeness (QED) is 0.359. The lowest BCUT2D eigenvalue weighted by molar-refractivity contribution is -0.376. The lowest BCUT2D eigenvalue weighted by Crippen LogP contribution is -2.53. The molecule has 11 heteroatoms. The highest BCUT2D eigenvalue weighted by molar-refractivity contribution is 5.75. The van der Waals surface area contributed by atoms with Gasteiger partial charge in [-0.1, -0.05) is 73.7 Å². The van der Waals surface area contributed by atoms with Crippen LogP contribution in [0.4, 0.5) is 35.5 Å². The Bertz CT molecular complexity index is 1280. The summed E-state index contributed by atoms with van der Waals surface area (Å²) >= 11 is 0. The van der Waals surface area contributed by atoms with E-state index in [-0.39, 0.29) is 19.6 Å². The van der Waals surface area contributed by atoms with Crippen molar-refractivity contribution in [3.8, 4) is 0 Å². The van der Waals surface area contributed by atoms with Gasteiger partial charge in [-0.15, -0.1) is 0 Å². The number of halogens is 7. The van der Waals surface area contributed by atoms with Gasteiger partial charge >= 0.3 is 18.4 Å². The first kappa shape index (κ1) is 28.4. The Morgan fingerprint density at radius 2 is 1.49 bits per heavy atom. The zero-order valence-electron chi connectivity index (χ0n) is 20.7. The van der Waals surface area contributed by atoms with Crippen LogP contribution in [0.1, 0.15) is 35.1 Å². The molecule has 1 heterocycles. The van der Waals surface area contributed by atoms with Gasteiger partial charge in [-0.25, -0.2) is 9.18 Å². The number of hydrogen-bond acceptors (Lipinski definition) is 2. The number of carbonyl (C=O) groups is 1. The third kappa shape index (κ3) is 5.32. The van der Waals surface area contributed by atoms with E-state index in [2.05, 4.69) is 5.32 Å². The van der Waals surface area contributed by atoms with Gasteiger partial charge < -0.3 is 15.3 Å². The predicted molar refractivity (Wildman–Crippen MR) is 129 cm³/mol. The monoisotopic (exact) mass is 554 g/mol. The molecule has 0 aliphatic carbocycles. The summed E-state index contributed by atoms with van der Waals surface area (Å²) in [7, 11) is 0. The Balaban J connectivity index is 1.66. The zero-order chi connectivity index (χ0) is 28.6. The molecule has 3 aromatic rings. The van der Waals surface area contributed by atoms with Gasteiger partial charge in [-0.2, -0.15) is 26.3 Å². The van der Waals surface area contributed by atoms with Crippen LogP contribution >= 0.6 is 0 Å². The van der Waals surface area contributed by atoms with E-state index in [4.69, 9.17) is 0 Å². The molecule has 1 aliphatic rings. The van der Waals surface area contributed by atoms with Crippen molar-refractivity contribution in [2.24, 2.45) is 0 Å². The van der Waals surface area contributed by atoms with E-state index in [1.807, 2.05) is 30.3 Å². The summed E-state index contributed by atoms with van der Waals surface area (Å²) in [6, 6.07) is 17.7. The molecular weight excluding hydrogens is 529 g/mol. The van der Waals surface area contributed by atoms with Crippen LogP contribution in [0.25, 0.3) is 0 Å². The summed E-state index contributed by atoms with van der Waals surface area (Å²) < 4.78 is 93.7. The van der Waals surface area contributed by atoms with Crippen molar-refractivity contribution in [2.75, 3.05) is 13.1 Å². The van der Waals surface area contributed by atoms with E-state index < -0.39 is 46.7 Å². The highest BCUT2D eigenvalue weighted by Crippen LogP contribution is 2.51. The highest BCUT2D eigenvalue weighted by atomic mass is 19.4. The van der Waals surface area contributed by atoms with Crippen LogP contribution in [0.3, 0.4) is 0 Å². The number of nitrogens with one attached hydrogen (secondary N) is 1. The summed E-state index contributed by atoms with van der Waals surface area (Å²) in [5, 5.41) is 12.6. The molecule has 3 aromatic carbocycles. The van der Waals surface area contributed by atoms with Crippen LogP contribution in [0.15, 0.2) is 78.9 Å². The maximum absolute atomic E-state index is 13.7. The molecule has 4 rings (SSSR count). The van der Waals surface area contributed by atoms with E-state index in [0.29, 0.717) is 23.3 Å². The Morgan fingerprint density at radius 3 is 2.03 bits per heavy atom. The fourth-order valence-electron chi connectivity index (χ4n) is 5.07. The number of hydrogen-bond donors (Lipinski definition) is 2. The maximum Gasteiger partial charge on any atom is 0.430 e. The van der Waals surface area contributed by atoms with Crippen LogP contribution in [0.2, 0.25) is 0 Å². The average Bonchev–Trinajstić information content (AvgIpc) is 3.25. The van der Waals surface area contributed by atoms with Crippen LogP contribution < -0.4 is 5.32 Å².